The molecule has 0 amide bonds. The van der Waals surface area contributed by atoms with Crippen molar-refractivity contribution in [2.75, 3.05) is 4.72 Å². The van der Waals surface area contributed by atoms with Crippen molar-refractivity contribution < 1.29 is 8.42 Å². The van der Waals surface area contributed by atoms with Crippen molar-refractivity contribution >= 4 is 31.8 Å². The quantitative estimate of drug-likeness (QED) is 0.578. The molecule has 0 saturated carbocycles. The topological polar surface area (TPSA) is 64.0 Å². The molecule has 3 rings (SSSR count). The summed E-state index contributed by atoms with van der Waals surface area (Å²) in [5.74, 6) is 0.312. The molecule has 1 heterocycles. The van der Waals surface area contributed by atoms with Gasteiger partial charge in [-0.05, 0) is 80.1 Å². The zero-order chi connectivity index (χ0) is 20.6. The van der Waals surface area contributed by atoms with Crippen LogP contribution in [0, 0.1) is 34.6 Å². The first kappa shape index (κ1) is 20.6. The van der Waals surface area contributed by atoms with Crippen molar-refractivity contribution in [1.82, 2.24) is 9.78 Å². The van der Waals surface area contributed by atoms with Crippen LogP contribution >= 0.6 is 15.9 Å². The van der Waals surface area contributed by atoms with Gasteiger partial charge in [0.1, 0.15) is 0 Å². The highest BCUT2D eigenvalue weighted by Crippen LogP contribution is 2.30. The molecule has 0 unspecified atom stereocenters. The zero-order valence-electron chi connectivity index (χ0n) is 16.7. The van der Waals surface area contributed by atoms with E-state index in [1.165, 1.54) is 0 Å². The molecule has 0 atom stereocenters. The molecule has 0 bridgehead atoms. The van der Waals surface area contributed by atoms with Gasteiger partial charge in [0, 0.05) is 16.7 Å². The summed E-state index contributed by atoms with van der Waals surface area (Å²) >= 11 is 3.42. The lowest BCUT2D eigenvalue weighted by molar-refractivity contribution is 0.599. The highest BCUT2D eigenvalue weighted by molar-refractivity contribution is 9.10. The number of sulfonamides is 1. The van der Waals surface area contributed by atoms with Crippen LogP contribution in [0.2, 0.25) is 0 Å². The molecule has 148 valence electrons. The average Bonchev–Trinajstić information content (AvgIpc) is 3.06. The fourth-order valence-electron chi connectivity index (χ4n) is 3.34. The van der Waals surface area contributed by atoms with Crippen molar-refractivity contribution in [2.24, 2.45) is 0 Å². The zero-order valence-corrected chi connectivity index (χ0v) is 19.1. The van der Waals surface area contributed by atoms with Gasteiger partial charge in [-0.25, -0.2) is 8.42 Å². The van der Waals surface area contributed by atoms with Gasteiger partial charge < -0.3 is 0 Å². The van der Waals surface area contributed by atoms with Crippen LogP contribution in [-0.2, 0) is 16.6 Å². The molecule has 5 nitrogen and oxygen atoms in total. The molecule has 3 aromatic rings. The van der Waals surface area contributed by atoms with Gasteiger partial charge in [-0.1, -0.05) is 28.1 Å². The number of hydrogen-bond acceptors (Lipinski definition) is 3. The second-order valence-corrected chi connectivity index (χ2v) is 9.62. The van der Waals surface area contributed by atoms with E-state index in [9.17, 15) is 8.42 Å². The van der Waals surface area contributed by atoms with Crippen molar-refractivity contribution in [3.63, 3.8) is 0 Å². The minimum atomic E-state index is -3.73. The summed E-state index contributed by atoms with van der Waals surface area (Å²) in [7, 11) is -3.73. The van der Waals surface area contributed by atoms with E-state index in [0.29, 0.717) is 17.3 Å². The van der Waals surface area contributed by atoms with E-state index < -0.39 is 10.0 Å². The van der Waals surface area contributed by atoms with E-state index in [-0.39, 0.29) is 0 Å². The van der Waals surface area contributed by atoms with E-state index in [2.05, 4.69) is 25.8 Å². The Morgan fingerprint density at radius 1 is 0.893 bits per heavy atom. The van der Waals surface area contributed by atoms with Crippen LogP contribution in [0.3, 0.4) is 0 Å². The Morgan fingerprint density at radius 3 is 2.00 bits per heavy atom. The third kappa shape index (κ3) is 4.00. The molecule has 0 aliphatic heterocycles. The monoisotopic (exact) mass is 461 g/mol. The van der Waals surface area contributed by atoms with Gasteiger partial charge in [0.25, 0.3) is 10.0 Å². The number of nitrogens with one attached hydrogen (secondary N) is 1. The van der Waals surface area contributed by atoms with Crippen LogP contribution in [0.4, 0.5) is 5.82 Å². The molecular weight excluding hydrogens is 438 g/mol. The largest absolute Gasteiger partial charge is 0.266 e. The lowest BCUT2D eigenvalue weighted by atomic mass is 9.95. The van der Waals surface area contributed by atoms with E-state index in [1.807, 2.05) is 58.9 Å². The number of benzene rings is 2. The van der Waals surface area contributed by atoms with Gasteiger partial charge in [0.15, 0.2) is 5.82 Å². The first-order valence-corrected chi connectivity index (χ1v) is 11.3. The Balaban J connectivity index is 1.88. The number of rotatable bonds is 5. The smallest absolute Gasteiger partial charge is 0.263 e. The number of anilines is 1. The Hall–Kier alpha value is -2.12. The maximum absolute atomic E-state index is 13.1. The van der Waals surface area contributed by atoms with Crippen molar-refractivity contribution in [2.45, 2.75) is 46.1 Å². The standard InChI is InChI=1S/C21H24BrN3O2S/c1-13-14(2)16(4)21(17(5)15(13)3)28(26,27)24-20-10-11-25(23-20)12-18-6-8-19(22)9-7-18/h6-11H,12H2,1-5H3,(H,23,24). The van der Waals surface area contributed by atoms with Crippen LogP contribution in [0.15, 0.2) is 45.9 Å². The van der Waals surface area contributed by atoms with Crippen LogP contribution in [0.1, 0.15) is 33.4 Å². The Morgan fingerprint density at radius 2 is 1.43 bits per heavy atom. The third-order valence-electron chi connectivity index (χ3n) is 5.34. The maximum Gasteiger partial charge on any atom is 0.263 e. The molecule has 0 fully saturated rings. The molecule has 0 aliphatic carbocycles. The number of aromatic nitrogens is 2. The molecule has 0 saturated heterocycles. The molecule has 7 heteroatoms. The van der Waals surface area contributed by atoms with Gasteiger partial charge >= 0.3 is 0 Å². The fourth-order valence-corrected chi connectivity index (χ4v) is 5.20. The first-order valence-electron chi connectivity index (χ1n) is 8.98. The highest BCUT2D eigenvalue weighted by Gasteiger charge is 2.24. The Bertz CT molecular complexity index is 1100. The van der Waals surface area contributed by atoms with Crippen molar-refractivity contribution in [3.8, 4) is 0 Å². The number of halogens is 1. The summed E-state index contributed by atoms with van der Waals surface area (Å²) in [6.45, 7) is 10.2. The second kappa shape index (κ2) is 7.72. The molecule has 0 aliphatic rings. The summed E-state index contributed by atoms with van der Waals surface area (Å²) in [4.78, 5) is 0.343. The molecule has 1 N–H and O–H groups in total. The summed E-state index contributed by atoms with van der Waals surface area (Å²) in [5.41, 5.74) is 5.78. The Labute approximate surface area is 175 Å². The van der Waals surface area contributed by atoms with Crippen LogP contribution in [0.25, 0.3) is 0 Å². The van der Waals surface area contributed by atoms with E-state index in [4.69, 9.17) is 0 Å². The minimum Gasteiger partial charge on any atom is -0.266 e. The first-order chi connectivity index (χ1) is 13.1. The van der Waals surface area contributed by atoms with Crippen LogP contribution in [0.5, 0.6) is 0 Å². The molecule has 0 radical (unpaired) electrons. The van der Waals surface area contributed by atoms with Crippen LogP contribution in [-0.4, -0.2) is 18.2 Å². The Kier molecular flexibility index (Phi) is 5.68. The molecule has 1 aromatic heterocycles. The van der Waals surface area contributed by atoms with Gasteiger partial charge in [-0.15, -0.1) is 0 Å². The van der Waals surface area contributed by atoms with E-state index in [0.717, 1.165) is 37.9 Å². The minimum absolute atomic E-state index is 0.312. The SMILES string of the molecule is Cc1c(C)c(C)c(S(=O)(=O)Nc2ccn(Cc3ccc(Br)cc3)n2)c(C)c1C. The molecule has 2 aromatic carbocycles. The molecule has 0 spiro atoms. The molecular formula is C21H24BrN3O2S. The van der Waals surface area contributed by atoms with Crippen LogP contribution < -0.4 is 4.72 Å². The summed E-state index contributed by atoms with van der Waals surface area (Å²) in [6, 6.07) is 9.61. The van der Waals surface area contributed by atoms with Gasteiger partial charge in [-0.2, -0.15) is 5.10 Å². The van der Waals surface area contributed by atoms with Crippen molar-refractivity contribution in [3.05, 3.63) is 74.4 Å². The average molecular weight is 462 g/mol. The summed E-state index contributed by atoms with van der Waals surface area (Å²) in [5, 5.41) is 4.38. The third-order valence-corrected chi connectivity index (χ3v) is 7.49. The summed E-state index contributed by atoms with van der Waals surface area (Å²) in [6.07, 6.45) is 1.77. The second-order valence-electron chi connectivity index (χ2n) is 7.08. The van der Waals surface area contributed by atoms with Gasteiger partial charge in [0.2, 0.25) is 0 Å². The predicted octanol–water partition coefficient (Wildman–Crippen LogP) is 5.04. The fraction of sp³-hybridized carbons (Fsp3) is 0.286. The number of hydrogen-bond donors (Lipinski definition) is 1. The maximum atomic E-state index is 13.1. The summed E-state index contributed by atoms with van der Waals surface area (Å²) < 4.78 is 31.6. The van der Waals surface area contributed by atoms with Gasteiger partial charge in [0.05, 0.1) is 11.4 Å². The van der Waals surface area contributed by atoms with E-state index >= 15 is 0 Å². The predicted molar refractivity (Wildman–Crippen MR) is 116 cm³/mol. The van der Waals surface area contributed by atoms with E-state index in [1.54, 1.807) is 16.9 Å². The molecule has 28 heavy (non-hydrogen) atoms. The normalized spacial score (nSPS) is 11.6. The lowest BCUT2D eigenvalue weighted by Crippen LogP contribution is -2.18. The number of nitrogens with zero attached hydrogens (tertiary/aromatic N) is 2. The van der Waals surface area contributed by atoms with Gasteiger partial charge in [-0.3, -0.25) is 9.40 Å². The van der Waals surface area contributed by atoms with Crippen molar-refractivity contribution in [1.29, 1.82) is 0 Å². The highest BCUT2D eigenvalue weighted by atomic mass is 79.9. The lowest BCUT2D eigenvalue weighted by Gasteiger charge is -2.18.